The van der Waals surface area contributed by atoms with Crippen molar-refractivity contribution in [2.75, 3.05) is 6.61 Å². The molecule has 0 bridgehead atoms. The fraction of sp³-hybridized carbons (Fsp3) is 0.125. The highest BCUT2D eigenvalue weighted by molar-refractivity contribution is 5.87. The molecular weight excluding hydrogens is 314 g/mol. The summed E-state index contributed by atoms with van der Waals surface area (Å²) in [5.74, 6) is -0.107. The minimum Gasteiger partial charge on any atom is -0.508 e. The molecule has 0 spiro atoms. The summed E-state index contributed by atoms with van der Waals surface area (Å²) < 4.78 is 5.30. The molecule has 0 aliphatic rings. The number of nitrogens with one attached hydrogen (secondary N) is 1. The number of rotatable bonds is 6. The van der Waals surface area contributed by atoms with Gasteiger partial charge in [-0.25, -0.2) is 5.43 Å². The van der Waals surface area contributed by atoms with Crippen LogP contribution in [0.5, 0.6) is 11.5 Å². The molecule has 2 N–H and O–H groups in total. The molecule has 0 unspecified atom stereocenters. The van der Waals surface area contributed by atoms with Crippen molar-refractivity contribution in [1.82, 2.24) is 5.43 Å². The number of carbonyl (C=O) groups excluding carboxylic acids is 1. The van der Waals surface area contributed by atoms with Crippen LogP contribution < -0.4 is 10.2 Å². The van der Waals surface area contributed by atoms with E-state index in [1.165, 1.54) is 12.1 Å². The Morgan fingerprint density at radius 3 is 2.88 bits per heavy atom. The Kier molecular flexibility index (Phi) is 5.45. The number of carbonyl (C=O) groups is 1. The molecule has 0 fully saturated rings. The average molecular weight is 329 g/mol. The molecule has 124 valence electrons. The first-order valence-corrected chi connectivity index (χ1v) is 6.94. The lowest BCUT2D eigenvalue weighted by Crippen LogP contribution is -2.24. The number of aryl methyl sites for hydroxylation is 1. The number of hydrogen-bond acceptors (Lipinski definition) is 6. The van der Waals surface area contributed by atoms with Gasteiger partial charge >= 0.3 is 0 Å². The molecule has 1 amide bonds. The van der Waals surface area contributed by atoms with Gasteiger partial charge in [-0.15, -0.1) is 0 Å². The van der Waals surface area contributed by atoms with E-state index in [2.05, 4.69) is 10.5 Å². The number of hydrazone groups is 1. The van der Waals surface area contributed by atoms with Gasteiger partial charge in [0.1, 0.15) is 11.5 Å². The minimum absolute atomic E-state index is 0.0694. The van der Waals surface area contributed by atoms with Crippen molar-refractivity contribution in [1.29, 1.82) is 0 Å². The lowest BCUT2D eigenvalue weighted by Gasteiger charge is -2.05. The highest BCUT2D eigenvalue weighted by Gasteiger charge is 2.12. The van der Waals surface area contributed by atoms with Gasteiger partial charge in [-0.1, -0.05) is 12.1 Å². The number of amides is 1. The standard InChI is InChI=1S/C16H15N3O5/c1-11-3-2-4-14(7-11)24-10-16(21)18-17-9-12-8-13(20)5-6-15(12)19(22)23/h2-9,20H,10H2,1H3,(H,18,21)/b17-9-. The Balaban J connectivity index is 1.93. The molecule has 8 nitrogen and oxygen atoms in total. The summed E-state index contributed by atoms with van der Waals surface area (Å²) >= 11 is 0. The summed E-state index contributed by atoms with van der Waals surface area (Å²) in [7, 11) is 0. The molecule has 0 aliphatic carbocycles. The van der Waals surface area contributed by atoms with Crippen LogP contribution in [0.4, 0.5) is 5.69 Å². The van der Waals surface area contributed by atoms with Crippen LogP contribution in [0.2, 0.25) is 0 Å². The first-order valence-electron chi connectivity index (χ1n) is 6.94. The maximum Gasteiger partial charge on any atom is 0.278 e. The lowest BCUT2D eigenvalue weighted by atomic mass is 10.2. The van der Waals surface area contributed by atoms with Gasteiger partial charge in [-0.05, 0) is 36.8 Å². The zero-order chi connectivity index (χ0) is 17.5. The third-order valence-corrected chi connectivity index (χ3v) is 2.96. The number of aromatic hydroxyl groups is 1. The van der Waals surface area contributed by atoms with E-state index in [0.29, 0.717) is 5.75 Å². The second-order valence-electron chi connectivity index (χ2n) is 4.90. The number of nitro groups is 1. The first-order chi connectivity index (χ1) is 11.5. The molecule has 2 aromatic carbocycles. The van der Waals surface area contributed by atoms with Gasteiger partial charge in [0.15, 0.2) is 6.61 Å². The molecule has 2 aromatic rings. The van der Waals surface area contributed by atoms with Crippen molar-refractivity contribution in [3.05, 3.63) is 63.7 Å². The number of ether oxygens (including phenoxy) is 1. The summed E-state index contributed by atoms with van der Waals surface area (Å²) in [6.45, 7) is 1.66. The van der Waals surface area contributed by atoms with E-state index < -0.39 is 10.8 Å². The third-order valence-electron chi connectivity index (χ3n) is 2.96. The summed E-state index contributed by atoms with van der Waals surface area (Å²) in [6.07, 6.45) is 1.09. The maximum absolute atomic E-state index is 11.6. The van der Waals surface area contributed by atoms with Crippen LogP contribution in [-0.2, 0) is 4.79 Å². The van der Waals surface area contributed by atoms with Crippen molar-refractivity contribution in [3.8, 4) is 11.5 Å². The smallest absolute Gasteiger partial charge is 0.278 e. The summed E-state index contributed by atoms with van der Waals surface area (Å²) in [4.78, 5) is 21.9. The van der Waals surface area contributed by atoms with Crippen molar-refractivity contribution in [2.24, 2.45) is 5.10 Å². The van der Waals surface area contributed by atoms with Gasteiger partial charge in [-0.2, -0.15) is 5.10 Å². The number of benzene rings is 2. The first kappa shape index (κ1) is 16.9. The van der Waals surface area contributed by atoms with E-state index in [1.54, 1.807) is 12.1 Å². The predicted molar refractivity (Wildman–Crippen MR) is 87.2 cm³/mol. The molecule has 0 saturated heterocycles. The summed E-state index contributed by atoms with van der Waals surface area (Å²) in [5, 5.41) is 23.9. The predicted octanol–water partition coefficient (Wildman–Crippen LogP) is 2.14. The van der Waals surface area contributed by atoms with Gasteiger partial charge in [0, 0.05) is 6.07 Å². The van der Waals surface area contributed by atoms with Gasteiger partial charge < -0.3 is 9.84 Å². The third kappa shape index (κ3) is 4.80. The number of nitrogens with zero attached hydrogens (tertiary/aromatic N) is 2. The van der Waals surface area contributed by atoms with Crippen LogP contribution in [0.15, 0.2) is 47.6 Å². The molecule has 0 heterocycles. The Morgan fingerprint density at radius 2 is 2.17 bits per heavy atom. The van der Waals surface area contributed by atoms with Crippen LogP contribution in [0.25, 0.3) is 0 Å². The number of phenolic OH excluding ortho intramolecular Hbond substituents is 1. The second-order valence-corrected chi connectivity index (χ2v) is 4.90. The number of nitro benzene ring substituents is 1. The van der Waals surface area contributed by atoms with Gasteiger partial charge in [0.25, 0.3) is 11.6 Å². The zero-order valence-corrected chi connectivity index (χ0v) is 12.8. The van der Waals surface area contributed by atoms with Crippen LogP contribution in [-0.4, -0.2) is 28.8 Å². The van der Waals surface area contributed by atoms with E-state index in [0.717, 1.165) is 17.8 Å². The maximum atomic E-state index is 11.6. The fourth-order valence-corrected chi connectivity index (χ4v) is 1.87. The van der Waals surface area contributed by atoms with Crippen molar-refractivity contribution < 1.29 is 19.6 Å². The average Bonchev–Trinajstić information content (AvgIpc) is 2.53. The number of hydrogen-bond donors (Lipinski definition) is 2. The molecule has 0 radical (unpaired) electrons. The molecule has 0 atom stereocenters. The van der Waals surface area contributed by atoms with Gasteiger partial charge in [0.2, 0.25) is 0 Å². The lowest BCUT2D eigenvalue weighted by molar-refractivity contribution is -0.385. The normalized spacial score (nSPS) is 10.5. The van der Waals surface area contributed by atoms with Crippen LogP contribution in [0.3, 0.4) is 0 Å². The van der Waals surface area contributed by atoms with Crippen molar-refractivity contribution in [3.63, 3.8) is 0 Å². The Labute approximate surface area is 137 Å². The topological polar surface area (TPSA) is 114 Å². The largest absolute Gasteiger partial charge is 0.508 e. The molecule has 0 aromatic heterocycles. The van der Waals surface area contributed by atoms with E-state index in [1.807, 2.05) is 19.1 Å². The van der Waals surface area contributed by atoms with Crippen LogP contribution in [0.1, 0.15) is 11.1 Å². The molecule has 2 rings (SSSR count). The molecule has 24 heavy (non-hydrogen) atoms. The molecule has 8 heteroatoms. The van der Waals surface area contributed by atoms with Gasteiger partial charge in [-0.3, -0.25) is 14.9 Å². The van der Waals surface area contributed by atoms with Crippen molar-refractivity contribution >= 4 is 17.8 Å². The minimum atomic E-state index is -0.608. The second kappa shape index (κ2) is 7.73. The Hall–Kier alpha value is -3.42. The van der Waals surface area contributed by atoms with Crippen LogP contribution >= 0.6 is 0 Å². The SMILES string of the molecule is Cc1cccc(OCC(=O)N/N=C\c2cc(O)ccc2[N+](=O)[O-])c1. The fourth-order valence-electron chi connectivity index (χ4n) is 1.87. The van der Waals surface area contributed by atoms with Crippen LogP contribution in [0, 0.1) is 17.0 Å². The molecule has 0 aliphatic heterocycles. The summed E-state index contributed by atoms with van der Waals surface area (Å²) in [6, 6.07) is 10.7. The van der Waals surface area contributed by atoms with Crippen molar-refractivity contribution in [2.45, 2.75) is 6.92 Å². The quantitative estimate of drug-likeness (QED) is 0.479. The Bertz CT molecular complexity index is 789. The van der Waals surface area contributed by atoms with E-state index >= 15 is 0 Å². The van der Waals surface area contributed by atoms with E-state index in [4.69, 9.17) is 4.74 Å². The monoisotopic (exact) mass is 329 g/mol. The van der Waals surface area contributed by atoms with E-state index in [9.17, 15) is 20.0 Å². The summed E-state index contributed by atoms with van der Waals surface area (Å²) in [5.41, 5.74) is 3.04. The Morgan fingerprint density at radius 1 is 1.38 bits per heavy atom. The van der Waals surface area contributed by atoms with Gasteiger partial charge in [0.05, 0.1) is 16.7 Å². The number of phenols is 1. The van der Waals surface area contributed by atoms with E-state index in [-0.39, 0.29) is 23.6 Å². The highest BCUT2D eigenvalue weighted by atomic mass is 16.6. The highest BCUT2D eigenvalue weighted by Crippen LogP contribution is 2.21. The molecule has 0 saturated carbocycles. The molecular formula is C16H15N3O5. The zero-order valence-electron chi connectivity index (χ0n) is 12.8.